The van der Waals surface area contributed by atoms with Crippen molar-refractivity contribution in [3.8, 4) is 0 Å². The number of aromatic nitrogens is 2. The van der Waals surface area contributed by atoms with Crippen molar-refractivity contribution in [2.45, 2.75) is 52.6 Å². The molecule has 0 spiro atoms. The van der Waals surface area contributed by atoms with E-state index in [0.717, 1.165) is 37.1 Å². The molecule has 0 aliphatic carbocycles. The van der Waals surface area contributed by atoms with E-state index in [1.807, 2.05) is 18.7 Å². The lowest BCUT2D eigenvalue weighted by atomic mass is 10.0. The highest BCUT2D eigenvalue weighted by molar-refractivity contribution is 6.04. The van der Waals surface area contributed by atoms with Gasteiger partial charge in [-0.1, -0.05) is 5.16 Å². The summed E-state index contributed by atoms with van der Waals surface area (Å²) in [5.41, 5.74) is 2.76. The molecule has 1 fully saturated rings. The Morgan fingerprint density at radius 3 is 2.89 bits per heavy atom. The van der Waals surface area contributed by atoms with E-state index in [9.17, 15) is 9.59 Å². The predicted molar refractivity (Wildman–Crippen MR) is 104 cm³/mol. The van der Waals surface area contributed by atoms with E-state index < -0.39 is 0 Å². The minimum absolute atomic E-state index is 0.0298. The van der Waals surface area contributed by atoms with Gasteiger partial charge in [0.15, 0.2) is 5.82 Å². The number of rotatable bonds is 3. The predicted octanol–water partition coefficient (Wildman–Crippen LogP) is 2.66. The molecule has 0 bridgehead atoms. The van der Waals surface area contributed by atoms with Gasteiger partial charge >= 0.3 is 0 Å². The van der Waals surface area contributed by atoms with Crippen molar-refractivity contribution in [2.24, 2.45) is 0 Å². The summed E-state index contributed by atoms with van der Waals surface area (Å²) in [5, 5.41) is 7.01. The van der Waals surface area contributed by atoms with E-state index in [4.69, 9.17) is 4.52 Å². The van der Waals surface area contributed by atoms with Crippen LogP contribution in [0.3, 0.4) is 0 Å². The number of aryl methyl sites for hydroxylation is 2. The van der Waals surface area contributed by atoms with E-state index >= 15 is 0 Å². The Bertz CT molecular complexity index is 903. The zero-order chi connectivity index (χ0) is 19.8. The molecular weight excluding hydrogens is 358 g/mol. The fraction of sp³-hybridized carbons (Fsp3) is 0.500. The van der Waals surface area contributed by atoms with Crippen LogP contribution in [0.15, 0.2) is 16.8 Å². The molecule has 2 aliphatic heterocycles. The molecule has 0 aromatic carbocycles. The largest absolute Gasteiger partial charge is 0.361 e. The zero-order valence-electron chi connectivity index (χ0n) is 16.5. The first-order valence-corrected chi connectivity index (χ1v) is 9.72. The number of nitrogens with one attached hydrogen (secondary N) is 1. The Morgan fingerprint density at radius 2 is 2.18 bits per heavy atom. The van der Waals surface area contributed by atoms with Gasteiger partial charge < -0.3 is 19.6 Å². The smallest absolute Gasteiger partial charge is 0.255 e. The summed E-state index contributed by atoms with van der Waals surface area (Å²) in [6.07, 6.45) is 4.78. The van der Waals surface area contributed by atoms with Crippen LogP contribution in [-0.4, -0.2) is 46.0 Å². The highest BCUT2D eigenvalue weighted by Gasteiger charge is 2.30. The van der Waals surface area contributed by atoms with Gasteiger partial charge in [0.05, 0.1) is 30.0 Å². The van der Waals surface area contributed by atoms with Crippen LogP contribution in [0.25, 0.3) is 0 Å². The average Bonchev–Trinajstić information content (AvgIpc) is 3.01. The molecule has 0 radical (unpaired) electrons. The van der Waals surface area contributed by atoms with Gasteiger partial charge in [0.1, 0.15) is 5.76 Å². The summed E-state index contributed by atoms with van der Waals surface area (Å²) in [6.45, 7) is 7.04. The van der Waals surface area contributed by atoms with Gasteiger partial charge in [0.2, 0.25) is 5.91 Å². The molecule has 28 heavy (non-hydrogen) atoms. The van der Waals surface area contributed by atoms with Gasteiger partial charge in [-0.2, -0.15) is 0 Å². The lowest BCUT2D eigenvalue weighted by molar-refractivity contribution is -0.117. The summed E-state index contributed by atoms with van der Waals surface area (Å²) < 4.78 is 5.23. The summed E-state index contributed by atoms with van der Waals surface area (Å²) in [4.78, 5) is 33.7. The standard InChI is InChI=1S/C20H25N5O3/c1-12-6-4-5-7-24(12)20(27)15-8-17-19(21-9-15)22-10-18(26)25(17)11-16-13(2)23-28-14(16)3/h8-9,12H,4-7,10-11H2,1-3H3,(H,21,22). The number of hydrogen-bond donors (Lipinski definition) is 1. The average molecular weight is 383 g/mol. The molecule has 148 valence electrons. The van der Waals surface area contributed by atoms with E-state index in [1.54, 1.807) is 17.2 Å². The van der Waals surface area contributed by atoms with Gasteiger partial charge in [-0.05, 0) is 46.1 Å². The maximum Gasteiger partial charge on any atom is 0.255 e. The van der Waals surface area contributed by atoms with Crippen molar-refractivity contribution in [1.82, 2.24) is 15.0 Å². The molecule has 1 atom stereocenters. The summed E-state index contributed by atoms with van der Waals surface area (Å²) in [7, 11) is 0. The Kier molecular flexibility index (Phi) is 4.78. The van der Waals surface area contributed by atoms with Gasteiger partial charge in [-0.3, -0.25) is 9.59 Å². The van der Waals surface area contributed by atoms with Crippen LogP contribution in [0.5, 0.6) is 0 Å². The normalized spacial score (nSPS) is 19.4. The number of anilines is 2. The SMILES string of the molecule is Cc1noc(C)c1CN1C(=O)CNc2ncc(C(=O)N3CCCCC3C)cc21. The van der Waals surface area contributed by atoms with E-state index in [0.29, 0.717) is 29.4 Å². The van der Waals surface area contributed by atoms with Crippen LogP contribution >= 0.6 is 0 Å². The summed E-state index contributed by atoms with van der Waals surface area (Å²) >= 11 is 0. The van der Waals surface area contributed by atoms with E-state index in [-0.39, 0.29) is 24.4 Å². The topological polar surface area (TPSA) is 91.6 Å². The molecule has 1 saturated heterocycles. The van der Waals surface area contributed by atoms with Crippen LogP contribution in [0, 0.1) is 13.8 Å². The van der Waals surface area contributed by atoms with Crippen LogP contribution < -0.4 is 10.2 Å². The second kappa shape index (κ2) is 7.26. The number of amides is 2. The molecule has 4 rings (SSSR count). The zero-order valence-corrected chi connectivity index (χ0v) is 16.5. The molecule has 8 nitrogen and oxygen atoms in total. The van der Waals surface area contributed by atoms with Gasteiger partial charge in [0, 0.05) is 24.3 Å². The number of fused-ring (bicyclic) bond motifs is 1. The Labute approximate surface area is 163 Å². The Morgan fingerprint density at radius 1 is 1.36 bits per heavy atom. The maximum atomic E-state index is 13.0. The van der Waals surface area contributed by atoms with Crippen LogP contribution in [0.4, 0.5) is 11.5 Å². The fourth-order valence-electron chi connectivity index (χ4n) is 3.93. The lowest BCUT2D eigenvalue weighted by Crippen LogP contribution is -2.43. The molecule has 2 aromatic rings. The van der Waals surface area contributed by atoms with Crippen LogP contribution in [0.2, 0.25) is 0 Å². The molecule has 1 N–H and O–H groups in total. The first-order chi connectivity index (χ1) is 13.5. The van der Waals surface area contributed by atoms with Crippen molar-refractivity contribution < 1.29 is 14.1 Å². The third kappa shape index (κ3) is 3.23. The quantitative estimate of drug-likeness (QED) is 0.876. The van der Waals surface area contributed by atoms with Crippen molar-refractivity contribution >= 4 is 23.3 Å². The van der Waals surface area contributed by atoms with Crippen molar-refractivity contribution in [3.05, 3.63) is 34.8 Å². The number of likely N-dealkylation sites (tertiary alicyclic amines) is 1. The van der Waals surface area contributed by atoms with E-state index in [2.05, 4.69) is 22.4 Å². The fourth-order valence-corrected chi connectivity index (χ4v) is 3.93. The number of piperidine rings is 1. The van der Waals surface area contributed by atoms with Crippen LogP contribution in [-0.2, 0) is 11.3 Å². The third-order valence-electron chi connectivity index (χ3n) is 5.67. The van der Waals surface area contributed by atoms with Crippen LogP contribution in [0.1, 0.15) is 53.6 Å². The molecule has 8 heteroatoms. The highest BCUT2D eigenvalue weighted by Crippen LogP contribution is 2.31. The highest BCUT2D eigenvalue weighted by atomic mass is 16.5. The Hall–Kier alpha value is -2.90. The molecule has 4 heterocycles. The first kappa shape index (κ1) is 18.5. The number of carbonyl (C=O) groups excluding carboxylic acids is 2. The van der Waals surface area contributed by atoms with Gasteiger partial charge in [0.25, 0.3) is 5.91 Å². The second-order valence-corrected chi connectivity index (χ2v) is 7.57. The van der Waals surface area contributed by atoms with E-state index in [1.165, 1.54) is 0 Å². The number of pyridine rings is 1. The maximum absolute atomic E-state index is 13.0. The molecule has 2 aliphatic rings. The number of carbonyl (C=O) groups is 2. The molecule has 2 aromatic heterocycles. The minimum Gasteiger partial charge on any atom is -0.361 e. The first-order valence-electron chi connectivity index (χ1n) is 9.72. The number of nitrogens with zero attached hydrogens (tertiary/aromatic N) is 4. The van der Waals surface area contributed by atoms with Crippen molar-refractivity contribution in [2.75, 3.05) is 23.3 Å². The number of hydrogen-bond acceptors (Lipinski definition) is 6. The summed E-state index contributed by atoms with van der Waals surface area (Å²) in [5.74, 6) is 1.19. The van der Waals surface area contributed by atoms with Crippen molar-refractivity contribution in [3.63, 3.8) is 0 Å². The second-order valence-electron chi connectivity index (χ2n) is 7.57. The molecule has 1 unspecified atom stereocenters. The third-order valence-corrected chi connectivity index (χ3v) is 5.67. The molecular formula is C20H25N5O3. The molecule has 2 amide bonds. The minimum atomic E-state index is -0.0785. The van der Waals surface area contributed by atoms with Gasteiger partial charge in [-0.25, -0.2) is 4.98 Å². The lowest BCUT2D eigenvalue weighted by Gasteiger charge is -2.34. The summed E-state index contributed by atoms with van der Waals surface area (Å²) in [6, 6.07) is 1.99. The molecule has 0 saturated carbocycles. The monoisotopic (exact) mass is 383 g/mol. The Balaban J connectivity index is 1.67. The van der Waals surface area contributed by atoms with Gasteiger partial charge in [-0.15, -0.1) is 0 Å². The van der Waals surface area contributed by atoms with Crippen molar-refractivity contribution in [1.29, 1.82) is 0 Å².